The standard InChI is InChI=1S/C20H28N2O3/c1-15(23)16-9-13-21(14-10-16)19(25)20(2)11-6-12-22(20)18(24)17-7-4-3-5-8-17/h3-5,7-8,15-16,23H,6,9-14H2,1-2H3. The summed E-state index contributed by atoms with van der Waals surface area (Å²) in [5.41, 5.74) is -0.124. The Balaban J connectivity index is 1.73. The van der Waals surface area contributed by atoms with Gasteiger partial charge in [-0.3, -0.25) is 9.59 Å². The van der Waals surface area contributed by atoms with E-state index >= 15 is 0 Å². The molecule has 5 heteroatoms. The van der Waals surface area contributed by atoms with Gasteiger partial charge in [0.25, 0.3) is 5.91 Å². The van der Waals surface area contributed by atoms with Crippen molar-refractivity contribution in [1.82, 2.24) is 9.80 Å². The minimum Gasteiger partial charge on any atom is -0.393 e. The Morgan fingerprint density at radius 1 is 1.16 bits per heavy atom. The topological polar surface area (TPSA) is 60.9 Å². The molecular formula is C20H28N2O3. The molecule has 0 saturated carbocycles. The predicted octanol–water partition coefficient (Wildman–Crippen LogP) is 2.30. The smallest absolute Gasteiger partial charge is 0.254 e. The number of hydrogen-bond acceptors (Lipinski definition) is 3. The van der Waals surface area contributed by atoms with Crippen LogP contribution in [0.2, 0.25) is 0 Å². The van der Waals surface area contributed by atoms with Gasteiger partial charge in [-0.15, -0.1) is 0 Å². The summed E-state index contributed by atoms with van der Waals surface area (Å²) in [5.74, 6) is 0.258. The highest BCUT2D eigenvalue weighted by Gasteiger charge is 2.48. The zero-order chi connectivity index (χ0) is 18.0. The van der Waals surface area contributed by atoms with Crippen LogP contribution in [0.25, 0.3) is 0 Å². The molecule has 1 aromatic rings. The summed E-state index contributed by atoms with van der Waals surface area (Å²) in [6.07, 6.45) is 2.89. The number of rotatable bonds is 3. The van der Waals surface area contributed by atoms with Crippen molar-refractivity contribution in [2.75, 3.05) is 19.6 Å². The molecule has 2 saturated heterocycles. The average Bonchev–Trinajstić information content (AvgIpc) is 3.04. The van der Waals surface area contributed by atoms with E-state index in [4.69, 9.17) is 0 Å². The molecule has 2 atom stereocenters. The fourth-order valence-electron chi connectivity index (χ4n) is 4.17. The number of carbonyl (C=O) groups is 2. The largest absolute Gasteiger partial charge is 0.393 e. The Hall–Kier alpha value is -1.88. The zero-order valence-electron chi connectivity index (χ0n) is 15.1. The Morgan fingerprint density at radius 2 is 1.80 bits per heavy atom. The van der Waals surface area contributed by atoms with Gasteiger partial charge in [0.2, 0.25) is 5.91 Å². The van der Waals surface area contributed by atoms with E-state index in [1.807, 2.05) is 36.9 Å². The van der Waals surface area contributed by atoms with Crippen molar-refractivity contribution in [2.45, 2.75) is 51.2 Å². The lowest BCUT2D eigenvalue weighted by Gasteiger charge is -2.41. The molecule has 0 aliphatic carbocycles. The van der Waals surface area contributed by atoms with Gasteiger partial charge in [0.05, 0.1) is 6.10 Å². The third-order valence-corrected chi connectivity index (χ3v) is 5.88. The van der Waals surface area contributed by atoms with Crippen LogP contribution in [-0.4, -0.2) is 58.0 Å². The van der Waals surface area contributed by atoms with E-state index in [1.54, 1.807) is 17.0 Å². The first-order valence-corrected chi connectivity index (χ1v) is 9.28. The third-order valence-electron chi connectivity index (χ3n) is 5.88. The number of nitrogens with zero attached hydrogens (tertiary/aromatic N) is 2. The molecule has 2 fully saturated rings. The van der Waals surface area contributed by atoms with Crippen molar-refractivity contribution >= 4 is 11.8 Å². The van der Waals surface area contributed by atoms with E-state index in [0.717, 1.165) is 19.3 Å². The Kier molecular flexibility index (Phi) is 5.13. The Morgan fingerprint density at radius 3 is 2.40 bits per heavy atom. The molecule has 2 unspecified atom stereocenters. The van der Waals surface area contributed by atoms with Crippen LogP contribution in [0.15, 0.2) is 30.3 Å². The van der Waals surface area contributed by atoms with E-state index in [1.165, 1.54) is 0 Å². The lowest BCUT2D eigenvalue weighted by Crippen LogP contribution is -2.58. The van der Waals surface area contributed by atoms with E-state index in [0.29, 0.717) is 31.6 Å². The quantitative estimate of drug-likeness (QED) is 0.915. The van der Waals surface area contributed by atoms with Crippen molar-refractivity contribution in [3.63, 3.8) is 0 Å². The van der Waals surface area contributed by atoms with Crippen molar-refractivity contribution in [3.8, 4) is 0 Å². The van der Waals surface area contributed by atoms with Crippen LogP contribution in [0.5, 0.6) is 0 Å². The van der Waals surface area contributed by atoms with Gasteiger partial charge < -0.3 is 14.9 Å². The van der Waals surface area contributed by atoms with Crippen LogP contribution in [0.4, 0.5) is 0 Å². The molecule has 3 rings (SSSR count). The number of hydrogen-bond donors (Lipinski definition) is 1. The van der Waals surface area contributed by atoms with Crippen molar-refractivity contribution < 1.29 is 14.7 Å². The minimum atomic E-state index is -0.759. The first-order chi connectivity index (χ1) is 11.9. The molecule has 0 aromatic heterocycles. The fraction of sp³-hybridized carbons (Fsp3) is 0.600. The molecule has 2 aliphatic rings. The lowest BCUT2D eigenvalue weighted by atomic mass is 9.89. The average molecular weight is 344 g/mol. The number of likely N-dealkylation sites (tertiary alicyclic amines) is 2. The molecule has 136 valence electrons. The van der Waals surface area contributed by atoms with Crippen molar-refractivity contribution in [2.24, 2.45) is 5.92 Å². The molecule has 2 aliphatic heterocycles. The molecular weight excluding hydrogens is 316 g/mol. The van der Waals surface area contributed by atoms with Gasteiger partial charge in [0.1, 0.15) is 5.54 Å². The lowest BCUT2D eigenvalue weighted by molar-refractivity contribution is -0.142. The highest BCUT2D eigenvalue weighted by molar-refractivity contribution is 5.99. The summed E-state index contributed by atoms with van der Waals surface area (Å²) < 4.78 is 0. The number of aliphatic hydroxyl groups excluding tert-OH is 1. The van der Waals surface area contributed by atoms with Gasteiger partial charge in [-0.05, 0) is 57.6 Å². The number of piperidine rings is 1. The van der Waals surface area contributed by atoms with Crippen LogP contribution in [-0.2, 0) is 4.79 Å². The van der Waals surface area contributed by atoms with Crippen LogP contribution in [0, 0.1) is 5.92 Å². The molecule has 5 nitrogen and oxygen atoms in total. The summed E-state index contributed by atoms with van der Waals surface area (Å²) in [4.78, 5) is 29.8. The van der Waals surface area contributed by atoms with Gasteiger partial charge in [0, 0.05) is 25.2 Å². The SMILES string of the molecule is CC(O)C1CCN(C(=O)C2(C)CCCN2C(=O)c2ccccc2)CC1. The van der Waals surface area contributed by atoms with E-state index in [-0.39, 0.29) is 23.8 Å². The molecule has 0 bridgehead atoms. The second kappa shape index (κ2) is 7.16. The van der Waals surface area contributed by atoms with Gasteiger partial charge >= 0.3 is 0 Å². The first-order valence-electron chi connectivity index (χ1n) is 9.28. The first kappa shape index (κ1) is 17.9. The highest BCUT2D eigenvalue weighted by Crippen LogP contribution is 2.34. The summed E-state index contributed by atoms with van der Waals surface area (Å²) >= 11 is 0. The molecule has 0 spiro atoms. The zero-order valence-corrected chi connectivity index (χ0v) is 15.1. The van der Waals surface area contributed by atoms with E-state index in [9.17, 15) is 14.7 Å². The summed E-state index contributed by atoms with van der Waals surface area (Å²) in [5, 5.41) is 9.75. The maximum Gasteiger partial charge on any atom is 0.254 e. The maximum absolute atomic E-state index is 13.2. The molecule has 1 aromatic carbocycles. The number of amides is 2. The summed E-state index contributed by atoms with van der Waals surface area (Å²) in [6, 6.07) is 9.20. The molecule has 2 heterocycles. The summed E-state index contributed by atoms with van der Waals surface area (Å²) in [7, 11) is 0. The van der Waals surface area contributed by atoms with Crippen LogP contribution >= 0.6 is 0 Å². The van der Waals surface area contributed by atoms with Crippen LogP contribution < -0.4 is 0 Å². The molecule has 25 heavy (non-hydrogen) atoms. The third kappa shape index (κ3) is 3.43. The van der Waals surface area contributed by atoms with Gasteiger partial charge in [-0.2, -0.15) is 0 Å². The predicted molar refractivity (Wildman–Crippen MR) is 96.1 cm³/mol. The normalized spacial score (nSPS) is 25.9. The minimum absolute atomic E-state index is 0.0540. The van der Waals surface area contributed by atoms with Crippen LogP contribution in [0.3, 0.4) is 0 Å². The van der Waals surface area contributed by atoms with Crippen molar-refractivity contribution in [1.29, 1.82) is 0 Å². The fourth-order valence-corrected chi connectivity index (χ4v) is 4.17. The van der Waals surface area contributed by atoms with Crippen LogP contribution in [0.1, 0.15) is 49.9 Å². The second-order valence-electron chi connectivity index (χ2n) is 7.57. The van der Waals surface area contributed by atoms with E-state index < -0.39 is 5.54 Å². The maximum atomic E-state index is 13.2. The highest BCUT2D eigenvalue weighted by atomic mass is 16.3. The monoisotopic (exact) mass is 344 g/mol. The van der Waals surface area contributed by atoms with Gasteiger partial charge in [-0.25, -0.2) is 0 Å². The Labute approximate surface area is 149 Å². The summed E-state index contributed by atoms with van der Waals surface area (Å²) in [6.45, 7) is 5.68. The number of aliphatic hydroxyl groups is 1. The second-order valence-corrected chi connectivity index (χ2v) is 7.57. The number of carbonyl (C=O) groups excluding carboxylic acids is 2. The molecule has 1 N–H and O–H groups in total. The van der Waals surface area contributed by atoms with Crippen molar-refractivity contribution in [3.05, 3.63) is 35.9 Å². The van der Waals surface area contributed by atoms with E-state index in [2.05, 4.69) is 0 Å². The Bertz CT molecular complexity index is 623. The molecule has 0 radical (unpaired) electrons. The number of benzene rings is 1. The van der Waals surface area contributed by atoms with Gasteiger partial charge in [-0.1, -0.05) is 18.2 Å². The molecule has 2 amide bonds. The van der Waals surface area contributed by atoms with Gasteiger partial charge in [0.15, 0.2) is 0 Å².